The molecule has 0 unspecified atom stereocenters. The second kappa shape index (κ2) is 8.73. The van der Waals surface area contributed by atoms with Gasteiger partial charge in [-0.05, 0) is 30.3 Å². The van der Waals surface area contributed by atoms with Gasteiger partial charge in [-0.1, -0.05) is 39.0 Å². The average molecular weight is 411 g/mol. The van der Waals surface area contributed by atoms with Crippen LogP contribution < -0.4 is 0 Å². The van der Waals surface area contributed by atoms with Gasteiger partial charge in [0.2, 0.25) is 0 Å². The number of aliphatic hydroxyl groups is 1. The van der Waals surface area contributed by atoms with Crippen molar-refractivity contribution in [2.75, 3.05) is 6.61 Å². The lowest BCUT2D eigenvalue weighted by atomic mass is 10.0. The van der Waals surface area contributed by atoms with Crippen molar-refractivity contribution >= 4 is 20.3 Å². The third kappa shape index (κ3) is 5.41. The third-order valence-corrected chi connectivity index (χ3v) is 9.68. The van der Waals surface area contributed by atoms with E-state index < -0.39 is 44.9 Å². The van der Waals surface area contributed by atoms with E-state index in [0.717, 1.165) is 0 Å². The van der Waals surface area contributed by atoms with E-state index in [-0.39, 0.29) is 11.6 Å². The molecular weight excluding hydrogens is 380 g/mol. The van der Waals surface area contributed by atoms with Gasteiger partial charge in [0.1, 0.15) is 6.10 Å². The molecule has 1 fully saturated rings. The number of rotatable bonds is 5. The molecule has 1 aliphatic rings. The van der Waals surface area contributed by atoms with E-state index in [9.17, 15) is 14.7 Å². The van der Waals surface area contributed by atoms with Gasteiger partial charge in [0.15, 0.2) is 26.8 Å². The van der Waals surface area contributed by atoms with E-state index in [0.29, 0.717) is 5.56 Å². The highest BCUT2D eigenvalue weighted by Gasteiger charge is 2.50. The van der Waals surface area contributed by atoms with Crippen molar-refractivity contribution in [3.63, 3.8) is 0 Å². The Hall–Kier alpha value is -1.74. The summed E-state index contributed by atoms with van der Waals surface area (Å²) in [6, 6.07) is 8.57. The minimum atomic E-state index is -2.34. The van der Waals surface area contributed by atoms with Gasteiger partial charge >= 0.3 is 11.9 Å². The molecule has 0 aromatic heterocycles. The van der Waals surface area contributed by atoms with Crippen LogP contribution in [0.25, 0.3) is 0 Å². The number of ether oxygens (including phenoxy) is 3. The summed E-state index contributed by atoms with van der Waals surface area (Å²) in [4.78, 5) is 24.1. The molecular formula is C20H30O7Si. The number of esters is 2. The third-order valence-electron chi connectivity index (χ3n) is 5.21. The number of hydrogen-bond donors (Lipinski definition) is 1. The van der Waals surface area contributed by atoms with E-state index in [1.54, 1.807) is 30.3 Å². The molecule has 0 saturated carbocycles. The van der Waals surface area contributed by atoms with Crippen LogP contribution in [0.3, 0.4) is 0 Å². The van der Waals surface area contributed by atoms with Gasteiger partial charge in [-0.25, -0.2) is 4.79 Å². The molecule has 0 radical (unpaired) electrons. The molecule has 1 aliphatic heterocycles. The monoisotopic (exact) mass is 410 g/mol. The van der Waals surface area contributed by atoms with Crippen LogP contribution in [0, 0.1) is 0 Å². The van der Waals surface area contributed by atoms with Gasteiger partial charge in [-0.2, -0.15) is 0 Å². The number of hydrogen-bond acceptors (Lipinski definition) is 7. The Morgan fingerprint density at radius 2 is 1.71 bits per heavy atom. The second-order valence-corrected chi connectivity index (χ2v) is 13.2. The first-order valence-corrected chi connectivity index (χ1v) is 12.2. The van der Waals surface area contributed by atoms with Crippen LogP contribution in [0.5, 0.6) is 0 Å². The van der Waals surface area contributed by atoms with E-state index in [1.165, 1.54) is 6.92 Å². The fraction of sp³-hybridized carbons (Fsp3) is 0.600. The van der Waals surface area contributed by atoms with E-state index >= 15 is 0 Å². The first-order chi connectivity index (χ1) is 12.9. The lowest BCUT2D eigenvalue weighted by Crippen LogP contribution is -2.61. The molecule has 0 amide bonds. The van der Waals surface area contributed by atoms with E-state index in [2.05, 4.69) is 20.8 Å². The zero-order chi connectivity index (χ0) is 21.1. The lowest BCUT2D eigenvalue weighted by molar-refractivity contribution is -0.256. The standard InChI is InChI=1S/C20H30O7Si/c1-13(21)25-17-16(27-28(5,6)20(2,3)4)15(12-24-19(17)23)26-18(22)14-10-8-7-9-11-14/h7-11,15-17,19,23H,12H2,1-6H3/t15-,16-,17+,19-/m0/s1. The highest BCUT2D eigenvalue weighted by molar-refractivity contribution is 6.74. The molecule has 1 N–H and O–H groups in total. The van der Waals surface area contributed by atoms with Gasteiger partial charge in [-0.3, -0.25) is 4.79 Å². The maximum atomic E-state index is 12.5. The molecule has 4 atom stereocenters. The minimum Gasteiger partial charge on any atom is -0.454 e. The molecule has 0 spiro atoms. The predicted molar refractivity (Wildman–Crippen MR) is 105 cm³/mol. The highest BCUT2D eigenvalue weighted by atomic mass is 28.4. The van der Waals surface area contributed by atoms with Crippen LogP contribution in [0.1, 0.15) is 38.1 Å². The van der Waals surface area contributed by atoms with Crippen LogP contribution in [0.2, 0.25) is 18.1 Å². The van der Waals surface area contributed by atoms with Crippen molar-refractivity contribution in [2.45, 2.75) is 70.4 Å². The Balaban J connectivity index is 2.29. The quantitative estimate of drug-likeness (QED) is 0.589. The van der Waals surface area contributed by atoms with Crippen molar-refractivity contribution in [2.24, 2.45) is 0 Å². The maximum absolute atomic E-state index is 12.5. The summed E-state index contributed by atoms with van der Waals surface area (Å²) in [6.07, 6.45) is -4.10. The van der Waals surface area contributed by atoms with E-state index in [1.807, 2.05) is 13.1 Å². The van der Waals surface area contributed by atoms with Crippen LogP contribution in [0.4, 0.5) is 0 Å². The zero-order valence-corrected chi connectivity index (χ0v) is 18.3. The molecule has 0 aliphatic carbocycles. The Bertz CT molecular complexity index is 684. The van der Waals surface area contributed by atoms with Crippen molar-refractivity contribution in [3.8, 4) is 0 Å². The molecule has 2 rings (SSSR count). The summed E-state index contributed by atoms with van der Waals surface area (Å²) in [5, 5.41) is 10.1. The van der Waals surface area contributed by atoms with Crippen LogP contribution >= 0.6 is 0 Å². The average Bonchev–Trinajstić information content (AvgIpc) is 2.59. The van der Waals surface area contributed by atoms with Crippen molar-refractivity contribution in [1.29, 1.82) is 0 Å². The van der Waals surface area contributed by atoms with Crippen LogP contribution in [-0.4, -0.2) is 56.6 Å². The highest BCUT2D eigenvalue weighted by Crippen LogP contribution is 2.39. The molecule has 1 saturated heterocycles. The second-order valence-electron chi connectivity index (χ2n) is 8.45. The fourth-order valence-electron chi connectivity index (χ4n) is 2.61. The van der Waals surface area contributed by atoms with Gasteiger partial charge < -0.3 is 23.7 Å². The molecule has 1 aromatic rings. The number of benzene rings is 1. The zero-order valence-electron chi connectivity index (χ0n) is 17.3. The summed E-state index contributed by atoms with van der Waals surface area (Å²) in [7, 11) is -2.34. The van der Waals surface area contributed by atoms with Crippen molar-refractivity contribution < 1.29 is 33.3 Å². The maximum Gasteiger partial charge on any atom is 0.338 e. The van der Waals surface area contributed by atoms with E-state index in [4.69, 9.17) is 18.6 Å². The topological polar surface area (TPSA) is 91.3 Å². The Labute approximate surface area is 167 Å². The molecule has 28 heavy (non-hydrogen) atoms. The molecule has 1 aromatic carbocycles. The number of carbonyl (C=O) groups excluding carboxylic acids is 2. The van der Waals surface area contributed by atoms with Gasteiger partial charge in [0, 0.05) is 6.92 Å². The Morgan fingerprint density at radius 1 is 1.11 bits per heavy atom. The molecule has 156 valence electrons. The summed E-state index contributed by atoms with van der Waals surface area (Å²) < 4.78 is 22.7. The molecule has 0 bridgehead atoms. The normalized spacial score (nSPS) is 25.8. The van der Waals surface area contributed by atoms with Crippen LogP contribution in [0.15, 0.2) is 30.3 Å². The Kier molecular flexibility index (Phi) is 7.03. The molecule has 1 heterocycles. The largest absolute Gasteiger partial charge is 0.454 e. The lowest BCUT2D eigenvalue weighted by Gasteiger charge is -2.45. The smallest absolute Gasteiger partial charge is 0.338 e. The number of carbonyl (C=O) groups is 2. The summed E-state index contributed by atoms with van der Waals surface area (Å²) in [5.41, 5.74) is 0.392. The van der Waals surface area contributed by atoms with Gasteiger partial charge in [-0.15, -0.1) is 0 Å². The molecule has 8 heteroatoms. The van der Waals surface area contributed by atoms with Gasteiger partial charge in [0.25, 0.3) is 0 Å². The Morgan fingerprint density at radius 3 is 2.25 bits per heavy atom. The first-order valence-electron chi connectivity index (χ1n) is 9.33. The summed E-state index contributed by atoms with van der Waals surface area (Å²) >= 11 is 0. The molecule has 7 nitrogen and oxygen atoms in total. The van der Waals surface area contributed by atoms with Crippen molar-refractivity contribution in [1.82, 2.24) is 0 Å². The SMILES string of the molecule is CC(=O)O[C@@H]1[C@@H](O[Si](C)(C)C(C)(C)C)[C@@H](OC(=O)c2ccccc2)CO[C@@H]1O. The summed E-state index contributed by atoms with van der Waals surface area (Å²) in [6.45, 7) is 11.5. The fourth-order valence-corrected chi connectivity index (χ4v) is 3.93. The van der Waals surface area contributed by atoms with Crippen molar-refractivity contribution in [3.05, 3.63) is 35.9 Å². The minimum absolute atomic E-state index is 0.0587. The first kappa shape index (κ1) is 22.5. The number of aliphatic hydroxyl groups excluding tert-OH is 1. The van der Waals surface area contributed by atoms with Gasteiger partial charge in [0.05, 0.1) is 12.2 Å². The summed E-state index contributed by atoms with van der Waals surface area (Å²) in [5.74, 6) is -1.11. The van der Waals surface area contributed by atoms with Crippen LogP contribution in [-0.2, 0) is 23.4 Å². The predicted octanol–water partition coefficient (Wildman–Crippen LogP) is 2.88.